The van der Waals surface area contributed by atoms with Gasteiger partial charge in [0.1, 0.15) is 5.75 Å². The maximum Gasteiger partial charge on any atom is 0.224 e. The quantitative estimate of drug-likeness (QED) is 0.832. The summed E-state index contributed by atoms with van der Waals surface area (Å²) in [6, 6.07) is 18.3. The predicted molar refractivity (Wildman–Crippen MR) is 104 cm³/mol. The molecule has 0 aromatic heterocycles. The molecule has 0 aliphatic carbocycles. The third-order valence-corrected chi connectivity index (χ3v) is 4.96. The molecular weight excluding hydrogens is 324 g/mol. The monoisotopic (exact) mass is 352 g/mol. The minimum absolute atomic E-state index is 0.0929. The number of hydrogen-bond donors (Lipinski definition) is 1. The molecule has 2 aromatic rings. The van der Waals surface area contributed by atoms with Crippen molar-refractivity contribution in [2.45, 2.75) is 25.8 Å². The first-order valence-electron chi connectivity index (χ1n) is 9.39. The fourth-order valence-electron chi connectivity index (χ4n) is 3.55. The molecule has 1 N–H and O–H groups in total. The number of carbonyl (C=O) groups excluding carboxylic acids is 1. The first kappa shape index (κ1) is 18.5. The van der Waals surface area contributed by atoms with Crippen LogP contribution in [0.1, 0.15) is 24.0 Å². The summed E-state index contributed by atoms with van der Waals surface area (Å²) in [6.07, 6.45) is 2.81. The molecule has 0 spiro atoms. The average Bonchev–Trinajstić information content (AvgIpc) is 2.68. The van der Waals surface area contributed by atoms with Crippen LogP contribution in [-0.2, 0) is 17.8 Å². The molecule has 26 heavy (non-hydrogen) atoms. The molecule has 3 rings (SSSR count). The van der Waals surface area contributed by atoms with Gasteiger partial charge >= 0.3 is 0 Å². The molecule has 1 amide bonds. The van der Waals surface area contributed by atoms with Crippen LogP contribution in [0, 0.1) is 5.92 Å². The third kappa shape index (κ3) is 5.60. The molecule has 4 nitrogen and oxygen atoms in total. The van der Waals surface area contributed by atoms with Crippen LogP contribution in [0.5, 0.6) is 5.75 Å². The number of carbonyl (C=O) groups is 1. The molecule has 1 aliphatic heterocycles. The molecule has 1 aliphatic rings. The zero-order valence-electron chi connectivity index (χ0n) is 15.5. The number of rotatable bonds is 7. The van der Waals surface area contributed by atoms with Gasteiger partial charge in [-0.1, -0.05) is 42.5 Å². The number of benzene rings is 2. The van der Waals surface area contributed by atoms with E-state index in [0.717, 1.165) is 37.5 Å². The minimum Gasteiger partial charge on any atom is -0.497 e. The van der Waals surface area contributed by atoms with Gasteiger partial charge in [-0.2, -0.15) is 0 Å². The Morgan fingerprint density at radius 1 is 1.12 bits per heavy atom. The smallest absolute Gasteiger partial charge is 0.224 e. The standard InChI is InChI=1S/C22H28N2O2/c1-26-21-11-9-18(10-12-21)14-22(25)23-15-20-8-5-13-24(17-20)16-19-6-3-2-4-7-19/h2-4,6-7,9-12,20H,5,8,13-17H2,1H3,(H,23,25). The maximum absolute atomic E-state index is 12.2. The van der Waals surface area contributed by atoms with Gasteiger partial charge in [0.25, 0.3) is 0 Å². The van der Waals surface area contributed by atoms with E-state index in [1.54, 1.807) is 7.11 Å². The summed E-state index contributed by atoms with van der Waals surface area (Å²) >= 11 is 0. The summed E-state index contributed by atoms with van der Waals surface area (Å²) in [5.74, 6) is 1.44. The van der Waals surface area contributed by atoms with Gasteiger partial charge in [-0.05, 0) is 48.6 Å². The van der Waals surface area contributed by atoms with E-state index in [9.17, 15) is 4.79 Å². The van der Waals surface area contributed by atoms with Gasteiger partial charge in [-0.3, -0.25) is 9.69 Å². The SMILES string of the molecule is COc1ccc(CC(=O)NCC2CCCN(Cc3ccccc3)C2)cc1. The third-order valence-electron chi connectivity index (χ3n) is 4.96. The molecule has 1 fully saturated rings. The van der Waals surface area contributed by atoms with E-state index in [-0.39, 0.29) is 5.91 Å². The largest absolute Gasteiger partial charge is 0.497 e. The molecule has 1 saturated heterocycles. The van der Waals surface area contributed by atoms with Gasteiger partial charge in [0, 0.05) is 19.6 Å². The normalized spacial score (nSPS) is 17.7. The summed E-state index contributed by atoms with van der Waals surface area (Å²) in [6.45, 7) is 3.96. The molecule has 1 heterocycles. The van der Waals surface area contributed by atoms with E-state index >= 15 is 0 Å². The molecule has 0 bridgehead atoms. The Labute approximate surface area is 156 Å². The Balaban J connectivity index is 1.42. The molecule has 0 radical (unpaired) electrons. The number of likely N-dealkylation sites (tertiary alicyclic amines) is 1. The van der Waals surface area contributed by atoms with Crippen molar-refractivity contribution >= 4 is 5.91 Å². The van der Waals surface area contributed by atoms with Crippen LogP contribution in [0.25, 0.3) is 0 Å². The van der Waals surface area contributed by atoms with Gasteiger partial charge in [-0.15, -0.1) is 0 Å². The lowest BCUT2D eigenvalue weighted by Crippen LogP contribution is -2.40. The van der Waals surface area contributed by atoms with Crippen LogP contribution >= 0.6 is 0 Å². The lowest BCUT2D eigenvalue weighted by molar-refractivity contribution is -0.120. The Kier molecular flexibility index (Phi) is 6.67. The van der Waals surface area contributed by atoms with Gasteiger partial charge in [-0.25, -0.2) is 0 Å². The van der Waals surface area contributed by atoms with Crippen molar-refractivity contribution in [3.8, 4) is 5.75 Å². The Bertz CT molecular complexity index is 685. The minimum atomic E-state index is 0.0929. The molecule has 1 unspecified atom stereocenters. The first-order chi connectivity index (χ1) is 12.7. The van der Waals surface area contributed by atoms with Crippen LogP contribution < -0.4 is 10.1 Å². The topological polar surface area (TPSA) is 41.6 Å². The van der Waals surface area contributed by atoms with Crippen molar-refractivity contribution in [3.63, 3.8) is 0 Å². The van der Waals surface area contributed by atoms with Crippen molar-refractivity contribution in [1.29, 1.82) is 0 Å². The van der Waals surface area contributed by atoms with E-state index < -0.39 is 0 Å². The zero-order chi connectivity index (χ0) is 18.2. The second-order valence-corrected chi connectivity index (χ2v) is 7.06. The van der Waals surface area contributed by atoms with Crippen LogP contribution in [0.15, 0.2) is 54.6 Å². The Hall–Kier alpha value is -2.33. The van der Waals surface area contributed by atoms with Gasteiger partial charge in [0.15, 0.2) is 0 Å². The lowest BCUT2D eigenvalue weighted by Gasteiger charge is -2.32. The molecule has 0 saturated carbocycles. The Morgan fingerprint density at radius 3 is 2.62 bits per heavy atom. The van der Waals surface area contributed by atoms with E-state index in [1.807, 2.05) is 24.3 Å². The number of nitrogens with one attached hydrogen (secondary N) is 1. The van der Waals surface area contributed by atoms with Crippen molar-refractivity contribution in [2.24, 2.45) is 5.92 Å². The fraction of sp³-hybridized carbons (Fsp3) is 0.409. The van der Waals surface area contributed by atoms with E-state index in [4.69, 9.17) is 4.74 Å². The van der Waals surface area contributed by atoms with Gasteiger partial charge in [0.2, 0.25) is 5.91 Å². The number of nitrogens with zero attached hydrogens (tertiary/aromatic N) is 1. The number of ether oxygens (including phenoxy) is 1. The average molecular weight is 352 g/mol. The number of piperidine rings is 1. The van der Waals surface area contributed by atoms with E-state index in [2.05, 4.69) is 40.5 Å². The van der Waals surface area contributed by atoms with E-state index in [1.165, 1.54) is 18.4 Å². The number of amides is 1. The summed E-state index contributed by atoms with van der Waals surface area (Å²) in [7, 11) is 1.65. The van der Waals surface area contributed by atoms with E-state index in [0.29, 0.717) is 12.3 Å². The van der Waals surface area contributed by atoms with Gasteiger partial charge in [0.05, 0.1) is 13.5 Å². The second-order valence-electron chi connectivity index (χ2n) is 7.06. The van der Waals surface area contributed by atoms with Crippen LogP contribution in [0.3, 0.4) is 0 Å². The highest BCUT2D eigenvalue weighted by Gasteiger charge is 2.20. The first-order valence-corrected chi connectivity index (χ1v) is 9.39. The number of hydrogen-bond acceptors (Lipinski definition) is 3. The van der Waals surface area contributed by atoms with Crippen LogP contribution in [0.2, 0.25) is 0 Å². The summed E-state index contributed by atoms with van der Waals surface area (Å²) in [4.78, 5) is 14.7. The number of methoxy groups -OCH3 is 1. The predicted octanol–water partition coefficient (Wildman–Crippen LogP) is 3.27. The van der Waals surface area contributed by atoms with Crippen molar-refractivity contribution < 1.29 is 9.53 Å². The maximum atomic E-state index is 12.2. The highest BCUT2D eigenvalue weighted by atomic mass is 16.5. The fourth-order valence-corrected chi connectivity index (χ4v) is 3.55. The second kappa shape index (κ2) is 9.39. The highest BCUT2D eigenvalue weighted by Crippen LogP contribution is 2.18. The molecular formula is C22H28N2O2. The molecule has 2 aromatic carbocycles. The lowest BCUT2D eigenvalue weighted by atomic mass is 9.97. The van der Waals surface area contributed by atoms with Crippen LogP contribution in [0.4, 0.5) is 0 Å². The highest BCUT2D eigenvalue weighted by molar-refractivity contribution is 5.78. The van der Waals surface area contributed by atoms with Crippen molar-refractivity contribution in [2.75, 3.05) is 26.7 Å². The van der Waals surface area contributed by atoms with Crippen LogP contribution in [-0.4, -0.2) is 37.6 Å². The Morgan fingerprint density at radius 2 is 1.88 bits per heavy atom. The molecule has 138 valence electrons. The molecule has 1 atom stereocenters. The van der Waals surface area contributed by atoms with Crippen molar-refractivity contribution in [1.82, 2.24) is 10.2 Å². The summed E-state index contributed by atoms with van der Waals surface area (Å²) in [5, 5.41) is 3.12. The summed E-state index contributed by atoms with van der Waals surface area (Å²) < 4.78 is 5.15. The van der Waals surface area contributed by atoms with Crippen molar-refractivity contribution in [3.05, 3.63) is 65.7 Å². The van der Waals surface area contributed by atoms with Gasteiger partial charge < -0.3 is 10.1 Å². The zero-order valence-corrected chi connectivity index (χ0v) is 15.5. The molecule has 4 heteroatoms. The summed E-state index contributed by atoms with van der Waals surface area (Å²) in [5.41, 5.74) is 2.37.